The lowest BCUT2D eigenvalue weighted by Gasteiger charge is -2.29. The predicted molar refractivity (Wildman–Crippen MR) is 112 cm³/mol. The van der Waals surface area contributed by atoms with Crippen molar-refractivity contribution in [2.24, 2.45) is 0 Å². The number of hydrogen-bond donors (Lipinski definition) is 2. The van der Waals surface area contributed by atoms with Gasteiger partial charge in [0.1, 0.15) is 5.82 Å². The van der Waals surface area contributed by atoms with Gasteiger partial charge in [0.2, 0.25) is 0 Å². The van der Waals surface area contributed by atoms with Crippen LogP contribution < -0.4 is 15.5 Å². The Kier molecular flexibility index (Phi) is 6.46. The van der Waals surface area contributed by atoms with Crippen LogP contribution in [0.2, 0.25) is 0 Å². The Morgan fingerprint density at radius 3 is 2.46 bits per heavy atom. The average molecular weight is 383 g/mol. The van der Waals surface area contributed by atoms with Gasteiger partial charge < -0.3 is 20.3 Å². The zero-order valence-electron chi connectivity index (χ0n) is 17.1. The van der Waals surface area contributed by atoms with Gasteiger partial charge in [-0.2, -0.15) is 0 Å². The smallest absolute Gasteiger partial charge is 0.319 e. The Morgan fingerprint density at radius 2 is 1.86 bits per heavy atom. The van der Waals surface area contributed by atoms with Crippen LogP contribution in [-0.2, 0) is 11.2 Å². The second kappa shape index (κ2) is 9.01. The lowest BCUT2D eigenvalue weighted by atomic mass is 10.1. The van der Waals surface area contributed by atoms with Crippen LogP contribution >= 0.6 is 0 Å². The van der Waals surface area contributed by atoms with Gasteiger partial charge in [0.15, 0.2) is 5.82 Å². The molecule has 1 aromatic heterocycles. The maximum atomic E-state index is 11.9. The van der Waals surface area contributed by atoms with Gasteiger partial charge >= 0.3 is 6.03 Å². The molecular formula is C21H29N5O2. The van der Waals surface area contributed by atoms with Crippen molar-refractivity contribution in [1.82, 2.24) is 15.3 Å². The van der Waals surface area contributed by atoms with E-state index in [1.54, 1.807) is 0 Å². The topological polar surface area (TPSA) is 79.4 Å². The second-order valence-corrected chi connectivity index (χ2v) is 7.23. The number of amides is 2. The van der Waals surface area contributed by atoms with Gasteiger partial charge in [-0.05, 0) is 51.5 Å². The molecule has 2 N–H and O–H groups in total. The number of anilines is 2. The molecule has 7 nitrogen and oxygen atoms in total. The number of nitrogens with zero attached hydrogens (tertiary/aromatic N) is 3. The van der Waals surface area contributed by atoms with Crippen molar-refractivity contribution in [3.8, 4) is 11.4 Å². The zero-order chi connectivity index (χ0) is 20.1. The van der Waals surface area contributed by atoms with Gasteiger partial charge in [0.05, 0.1) is 13.2 Å². The number of benzene rings is 1. The molecule has 1 aromatic carbocycles. The van der Waals surface area contributed by atoms with Crippen molar-refractivity contribution in [1.29, 1.82) is 0 Å². The van der Waals surface area contributed by atoms with Crippen molar-refractivity contribution in [3.63, 3.8) is 0 Å². The Labute approximate surface area is 166 Å². The first kappa shape index (κ1) is 20.1. The Bertz CT molecular complexity index is 814. The highest BCUT2D eigenvalue weighted by Gasteiger charge is 2.19. The minimum Gasteiger partial charge on any atom is -0.378 e. The number of aryl methyl sites for hydroxylation is 1. The quantitative estimate of drug-likeness (QED) is 0.827. The van der Waals surface area contributed by atoms with E-state index in [1.165, 1.54) is 0 Å². The fourth-order valence-electron chi connectivity index (χ4n) is 3.24. The number of aromatic nitrogens is 2. The number of rotatable bonds is 5. The molecule has 0 aliphatic carbocycles. The number of carbonyl (C=O) groups is 1. The third kappa shape index (κ3) is 4.78. The summed E-state index contributed by atoms with van der Waals surface area (Å²) >= 11 is 0. The molecule has 0 atom stereocenters. The molecule has 0 spiro atoms. The number of carbonyl (C=O) groups excluding carboxylic acids is 1. The monoisotopic (exact) mass is 383 g/mol. The highest BCUT2D eigenvalue weighted by molar-refractivity contribution is 5.89. The van der Waals surface area contributed by atoms with Gasteiger partial charge in [0, 0.05) is 41.6 Å². The number of morpholine rings is 1. The van der Waals surface area contributed by atoms with Crippen molar-refractivity contribution in [2.45, 2.75) is 40.2 Å². The molecule has 0 unspecified atom stereocenters. The van der Waals surface area contributed by atoms with Crippen molar-refractivity contribution >= 4 is 17.5 Å². The first-order valence-corrected chi connectivity index (χ1v) is 9.86. The second-order valence-electron chi connectivity index (χ2n) is 7.23. The number of nitrogens with one attached hydrogen (secondary N) is 2. The van der Waals surface area contributed by atoms with Crippen molar-refractivity contribution < 1.29 is 9.53 Å². The van der Waals surface area contributed by atoms with E-state index in [9.17, 15) is 4.79 Å². The van der Waals surface area contributed by atoms with Crippen LogP contribution in [0.15, 0.2) is 24.3 Å². The molecule has 150 valence electrons. The molecule has 0 radical (unpaired) electrons. The molecule has 2 heterocycles. The summed E-state index contributed by atoms with van der Waals surface area (Å²) in [5, 5.41) is 5.65. The van der Waals surface area contributed by atoms with Crippen molar-refractivity contribution in [3.05, 3.63) is 35.5 Å². The number of urea groups is 1. The normalized spacial score (nSPS) is 14.2. The van der Waals surface area contributed by atoms with E-state index in [2.05, 4.69) is 29.4 Å². The summed E-state index contributed by atoms with van der Waals surface area (Å²) in [6, 6.07) is 7.51. The average Bonchev–Trinajstić information content (AvgIpc) is 2.69. The molecule has 1 saturated heterocycles. The molecule has 0 bridgehead atoms. The van der Waals surface area contributed by atoms with Crippen LogP contribution in [0.3, 0.4) is 0 Å². The van der Waals surface area contributed by atoms with Gasteiger partial charge in [-0.15, -0.1) is 0 Å². The highest BCUT2D eigenvalue weighted by atomic mass is 16.5. The SMILES string of the molecule is CCc1nc(-c2ccc(NC(=O)NC(C)C)cc2)nc(N2CCOCC2)c1C. The largest absolute Gasteiger partial charge is 0.378 e. The number of ether oxygens (including phenoxy) is 1. The van der Waals surface area contributed by atoms with E-state index in [-0.39, 0.29) is 12.1 Å². The van der Waals surface area contributed by atoms with Crippen LogP contribution in [-0.4, -0.2) is 48.3 Å². The summed E-state index contributed by atoms with van der Waals surface area (Å²) in [5.41, 5.74) is 3.86. The molecule has 2 amide bonds. The summed E-state index contributed by atoms with van der Waals surface area (Å²) in [7, 11) is 0. The lowest BCUT2D eigenvalue weighted by molar-refractivity contribution is 0.122. The van der Waals surface area contributed by atoms with Gasteiger partial charge in [-0.1, -0.05) is 6.92 Å². The fourth-order valence-corrected chi connectivity index (χ4v) is 3.24. The first-order valence-electron chi connectivity index (χ1n) is 9.86. The molecule has 2 aromatic rings. The third-order valence-corrected chi connectivity index (χ3v) is 4.69. The molecular weight excluding hydrogens is 354 g/mol. The van der Waals surface area contributed by atoms with Crippen LogP contribution in [0, 0.1) is 6.92 Å². The summed E-state index contributed by atoms with van der Waals surface area (Å²) in [6.07, 6.45) is 0.855. The maximum Gasteiger partial charge on any atom is 0.319 e. The zero-order valence-corrected chi connectivity index (χ0v) is 17.1. The summed E-state index contributed by atoms with van der Waals surface area (Å²) in [5.74, 6) is 1.70. The van der Waals surface area contributed by atoms with E-state index in [1.807, 2.05) is 38.1 Å². The van der Waals surface area contributed by atoms with E-state index in [0.29, 0.717) is 5.82 Å². The molecule has 3 rings (SSSR count). The highest BCUT2D eigenvalue weighted by Crippen LogP contribution is 2.26. The molecule has 28 heavy (non-hydrogen) atoms. The van der Waals surface area contributed by atoms with Crippen LogP contribution in [0.1, 0.15) is 32.0 Å². The maximum absolute atomic E-state index is 11.9. The lowest BCUT2D eigenvalue weighted by Crippen LogP contribution is -2.37. The van der Waals surface area contributed by atoms with Gasteiger partial charge in [-0.3, -0.25) is 0 Å². The van der Waals surface area contributed by atoms with E-state index >= 15 is 0 Å². The van der Waals surface area contributed by atoms with Gasteiger partial charge in [0.25, 0.3) is 0 Å². The minimum atomic E-state index is -0.211. The Balaban J connectivity index is 1.85. The summed E-state index contributed by atoms with van der Waals surface area (Å²) < 4.78 is 5.48. The first-order chi connectivity index (χ1) is 13.5. The summed E-state index contributed by atoms with van der Waals surface area (Å²) in [4.78, 5) is 23.8. The minimum absolute atomic E-state index is 0.0892. The molecule has 0 saturated carbocycles. The fraction of sp³-hybridized carbons (Fsp3) is 0.476. The third-order valence-electron chi connectivity index (χ3n) is 4.69. The van der Waals surface area contributed by atoms with Gasteiger partial charge in [-0.25, -0.2) is 14.8 Å². The number of hydrogen-bond acceptors (Lipinski definition) is 5. The van der Waals surface area contributed by atoms with E-state index in [0.717, 1.165) is 61.1 Å². The van der Waals surface area contributed by atoms with E-state index in [4.69, 9.17) is 14.7 Å². The standard InChI is InChI=1S/C21H29N5O2/c1-5-18-15(4)20(26-10-12-28-13-11-26)25-19(24-18)16-6-8-17(9-7-16)23-21(27)22-14(2)3/h6-9,14H,5,10-13H2,1-4H3,(H2,22,23,27). The molecule has 1 aliphatic rings. The van der Waals surface area contributed by atoms with Crippen LogP contribution in [0.5, 0.6) is 0 Å². The van der Waals surface area contributed by atoms with Crippen LogP contribution in [0.4, 0.5) is 16.3 Å². The molecule has 1 aliphatic heterocycles. The predicted octanol–water partition coefficient (Wildman–Crippen LogP) is 3.38. The van der Waals surface area contributed by atoms with E-state index < -0.39 is 0 Å². The van der Waals surface area contributed by atoms with Crippen molar-refractivity contribution in [2.75, 3.05) is 36.5 Å². The molecule has 7 heteroatoms. The Hall–Kier alpha value is -2.67. The Morgan fingerprint density at radius 1 is 1.18 bits per heavy atom. The summed E-state index contributed by atoms with van der Waals surface area (Å²) in [6.45, 7) is 11.2. The van der Waals surface area contributed by atoms with Crippen LogP contribution in [0.25, 0.3) is 11.4 Å². The molecule has 1 fully saturated rings.